The molecule has 0 atom stereocenters. The molecule has 0 aromatic heterocycles. The van der Waals surface area contributed by atoms with Crippen LogP contribution in [-0.4, -0.2) is 34.7 Å². The highest BCUT2D eigenvalue weighted by molar-refractivity contribution is 6.05. The van der Waals surface area contributed by atoms with Gasteiger partial charge in [-0.15, -0.1) is 0 Å². The molecule has 1 aliphatic carbocycles. The molecule has 0 spiro atoms. The van der Waals surface area contributed by atoms with Crippen LogP contribution < -0.4 is 5.32 Å². The summed E-state index contributed by atoms with van der Waals surface area (Å²) in [5.74, 6) is -0.373. The van der Waals surface area contributed by atoms with Crippen LogP contribution in [-0.2, 0) is 0 Å². The molecule has 1 aliphatic rings. The Morgan fingerprint density at radius 2 is 1.66 bits per heavy atom. The number of nitro benzene ring substituents is 1. The number of benzene rings is 2. The number of rotatable bonds is 5. The summed E-state index contributed by atoms with van der Waals surface area (Å²) >= 11 is 0. The second kappa shape index (κ2) is 8.86. The molecular formula is C22H25N3O4. The van der Waals surface area contributed by atoms with Crippen LogP contribution in [0.1, 0.15) is 58.4 Å². The van der Waals surface area contributed by atoms with Crippen molar-refractivity contribution in [1.29, 1.82) is 0 Å². The zero-order valence-corrected chi connectivity index (χ0v) is 16.7. The molecule has 0 unspecified atom stereocenters. The van der Waals surface area contributed by atoms with Gasteiger partial charge in [-0.05, 0) is 56.2 Å². The van der Waals surface area contributed by atoms with E-state index in [9.17, 15) is 19.7 Å². The first-order valence-corrected chi connectivity index (χ1v) is 9.80. The molecule has 1 saturated carbocycles. The van der Waals surface area contributed by atoms with Crippen LogP contribution in [0.3, 0.4) is 0 Å². The van der Waals surface area contributed by atoms with Gasteiger partial charge < -0.3 is 10.2 Å². The molecule has 1 fully saturated rings. The summed E-state index contributed by atoms with van der Waals surface area (Å²) in [5.41, 5.74) is 1.89. The van der Waals surface area contributed by atoms with E-state index in [1.165, 1.54) is 24.6 Å². The van der Waals surface area contributed by atoms with Crippen molar-refractivity contribution in [3.63, 3.8) is 0 Å². The van der Waals surface area contributed by atoms with Crippen molar-refractivity contribution in [2.24, 2.45) is 0 Å². The van der Waals surface area contributed by atoms with Gasteiger partial charge in [-0.2, -0.15) is 0 Å². The summed E-state index contributed by atoms with van der Waals surface area (Å²) in [5, 5.41) is 13.7. The lowest BCUT2D eigenvalue weighted by Gasteiger charge is -2.31. The number of carbonyl (C=O) groups excluding carboxylic acids is 2. The summed E-state index contributed by atoms with van der Waals surface area (Å²) in [6.45, 7) is 1.60. The van der Waals surface area contributed by atoms with Crippen molar-refractivity contribution in [3.05, 3.63) is 69.3 Å². The Kier molecular flexibility index (Phi) is 6.26. The van der Waals surface area contributed by atoms with E-state index >= 15 is 0 Å². The Balaban J connectivity index is 1.65. The van der Waals surface area contributed by atoms with Gasteiger partial charge in [0.25, 0.3) is 17.5 Å². The number of nitro groups is 1. The van der Waals surface area contributed by atoms with Crippen LogP contribution >= 0.6 is 0 Å². The number of anilines is 1. The van der Waals surface area contributed by atoms with Crippen molar-refractivity contribution in [2.75, 3.05) is 12.4 Å². The smallest absolute Gasteiger partial charge is 0.272 e. The number of aryl methyl sites for hydroxylation is 1. The molecule has 0 saturated heterocycles. The minimum absolute atomic E-state index is 0.0132. The largest absolute Gasteiger partial charge is 0.339 e. The van der Waals surface area contributed by atoms with Gasteiger partial charge in [0.2, 0.25) is 0 Å². The van der Waals surface area contributed by atoms with Crippen molar-refractivity contribution in [3.8, 4) is 0 Å². The molecule has 2 aromatic rings. The summed E-state index contributed by atoms with van der Waals surface area (Å²) in [6.07, 6.45) is 5.65. The van der Waals surface area contributed by atoms with E-state index in [0.717, 1.165) is 25.7 Å². The molecule has 0 heterocycles. The number of hydrogen-bond acceptors (Lipinski definition) is 4. The fourth-order valence-electron chi connectivity index (χ4n) is 3.74. The van der Waals surface area contributed by atoms with Crippen LogP contribution in [0.5, 0.6) is 0 Å². The van der Waals surface area contributed by atoms with Gasteiger partial charge in [-0.1, -0.05) is 19.3 Å². The van der Waals surface area contributed by atoms with Crippen molar-refractivity contribution in [2.45, 2.75) is 45.1 Å². The number of carbonyl (C=O) groups is 2. The third kappa shape index (κ3) is 4.80. The molecule has 0 bridgehead atoms. The third-order valence-electron chi connectivity index (χ3n) is 5.49. The topological polar surface area (TPSA) is 92.6 Å². The van der Waals surface area contributed by atoms with E-state index in [2.05, 4.69) is 5.32 Å². The number of nitrogens with zero attached hydrogens (tertiary/aromatic N) is 2. The van der Waals surface area contributed by atoms with Crippen LogP contribution in [0.15, 0.2) is 42.5 Å². The van der Waals surface area contributed by atoms with E-state index in [1.807, 2.05) is 11.9 Å². The van der Waals surface area contributed by atoms with Crippen molar-refractivity contribution in [1.82, 2.24) is 4.90 Å². The first-order chi connectivity index (χ1) is 13.9. The summed E-state index contributed by atoms with van der Waals surface area (Å²) in [6, 6.07) is 11.3. The van der Waals surface area contributed by atoms with Gasteiger partial charge in [0.1, 0.15) is 0 Å². The number of hydrogen-bond donors (Lipinski definition) is 1. The van der Waals surface area contributed by atoms with E-state index in [4.69, 9.17) is 0 Å². The highest BCUT2D eigenvalue weighted by Gasteiger charge is 2.23. The molecule has 152 valence electrons. The first kappa shape index (κ1) is 20.5. The molecule has 2 aromatic carbocycles. The SMILES string of the molecule is Cc1cc(C(=O)Nc2ccc(C(=O)N(C)C3CCCCC3)cc2)ccc1[N+](=O)[O-]. The monoisotopic (exact) mass is 395 g/mol. The molecule has 29 heavy (non-hydrogen) atoms. The minimum Gasteiger partial charge on any atom is -0.339 e. The number of amides is 2. The fourth-order valence-corrected chi connectivity index (χ4v) is 3.74. The van der Waals surface area contributed by atoms with Gasteiger partial charge in [-0.3, -0.25) is 19.7 Å². The van der Waals surface area contributed by atoms with E-state index in [0.29, 0.717) is 28.4 Å². The van der Waals surface area contributed by atoms with Crippen LogP contribution in [0, 0.1) is 17.0 Å². The summed E-state index contributed by atoms with van der Waals surface area (Å²) in [4.78, 5) is 37.4. The van der Waals surface area contributed by atoms with Crippen molar-refractivity contribution >= 4 is 23.2 Å². The van der Waals surface area contributed by atoms with Gasteiger partial charge in [0.15, 0.2) is 0 Å². The highest BCUT2D eigenvalue weighted by Crippen LogP contribution is 2.24. The van der Waals surface area contributed by atoms with Crippen molar-refractivity contribution < 1.29 is 14.5 Å². The predicted octanol–water partition coefficient (Wildman–Crippen LogP) is 4.56. The third-order valence-corrected chi connectivity index (χ3v) is 5.49. The summed E-state index contributed by atoms with van der Waals surface area (Å²) in [7, 11) is 1.85. The zero-order valence-electron chi connectivity index (χ0n) is 16.7. The lowest BCUT2D eigenvalue weighted by atomic mass is 9.94. The van der Waals surface area contributed by atoms with E-state index in [1.54, 1.807) is 31.2 Å². The van der Waals surface area contributed by atoms with E-state index < -0.39 is 4.92 Å². The number of nitrogens with one attached hydrogen (secondary N) is 1. The lowest BCUT2D eigenvalue weighted by molar-refractivity contribution is -0.385. The maximum Gasteiger partial charge on any atom is 0.272 e. The zero-order chi connectivity index (χ0) is 21.0. The van der Waals surface area contributed by atoms with Gasteiger partial charge in [0.05, 0.1) is 4.92 Å². The molecule has 3 rings (SSSR count). The average molecular weight is 395 g/mol. The quantitative estimate of drug-likeness (QED) is 0.593. The van der Waals surface area contributed by atoms with Crippen LogP contribution in [0.25, 0.3) is 0 Å². The Morgan fingerprint density at radius 3 is 2.24 bits per heavy atom. The maximum absolute atomic E-state index is 12.7. The minimum atomic E-state index is -0.475. The Morgan fingerprint density at radius 1 is 1.03 bits per heavy atom. The van der Waals surface area contributed by atoms with E-state index in [-0.39, 0.29) is 17.5 Å². The standard InChI is InChI=1S/C22H25N3O4/c1-15-14-17(10-13-20(15)25(28)29)21(26)23-18-11-8-16(9-12-18)22(27)24(2)19-6-4-3-5-7-19/h8-14,19H,3-7H2,1-2H3,(H,23,26). The first-order valence-electron chi connectivity index (χ1n) is 9.80. The maximum atomic E-state index is 12.7. The molecule has 2 amide bonds. The van der Waals surface area contributed by atoms with Gasteiger partial charge >= 0.3 is 0 Å². The Hall–Kier alpha value is -3.22. The Bertz CT molecular complexity index is 918. The highest BCUT2D eigenvalue weighted by atomic mass is 16.6. The Labute approximate surface area is 169 Å². The molecule has 1 N–H and O–H groups in total. The molecule has 0 aliphatic heterocycles. The second-order valence-electron chi connectivity index (χ2n) is 7.50. The average Bonchev–Trinajstić information content (AvgIpc) is 2.73. The normalized spacial score (nSPS) is 14.3. The predicted molar refractivity (Wildman–Crippen MR) is 111 cm³/mol. The molecule has 7 heteroatoms. The van der Waals surface area contributed by atoms with Gasteiger partial charge in [-0.25, -0.2) is 0 Å². The fraction of sp³-hybridized carbons (Fsp3) is 0.364. The lowest BCUT2D eigenvalue weighted by Crippen LogP contribution is -2.38. The van der Waals surface area contributed by atoms with Crippen LogP contribution in [0.4, 0.5) is 11.4 Å². The molecule has 7 nitrogen and oxygen atoms in total. The molecule has 0 radical (unpaired) electrons. The molecular weight excluding hydrogens is 370 g/mol. The summed E-state index contributed by atoms with van der Waals surface area (Å²) < 4.78 is 0. The van der Waals surface area contributed by atoms with Crippen LogP contribution in [0.2, 0.25) is 0 Å². The second-order valence-corrected chi connectivity index (χ2v) is 7.50. The van der Waals surface area contributed by atoms with Gasteiger partial charge in [0, 0.05) is 41.5 Å².